The molecule has 3 aromatic carbocycles. The topological polar surface area (TPSA) is 79.0 Å². The number of carbonyl (C=O) groups excluding carboxylic acids is 1. The molecule has 1 atom stereocenters. The molecule has 0 radical (unpaired) electrons. The Morgan fingerprint density at radius 1 is 1.05 bits per heavy atom. The molecule has 0 aromatic heterocycles. The summed E-state index contributed by atoms with van der Waals surface area (Å²) in [5.74, 6) is 0.987. The van der Waals surface area contributed by atoms with Crippen molar-refractivity contribution in [2.75, 3.05) is 35.9 Å². The monoisotopic (exact) mass is 535 g/mol. The van der Waals surface area contributed by atoms with Crippen LogP contribution >= 0.6 is 0 Å². The molecule has 1 amide bonds. The number of sulfonamides is 1. The Morgan fingerprint density at radius 2 is 1.71 bits per heavy atom. The maximum atomic E-state index is 13.7. The molecule has 1 saturated heterocycles. The zero-order valence-corrected chi connectivity index (χ0v) is 23.4. The fraction of sp³-hybridized carbons (Fsp3) is 0.367. The fourth-order valence-corrected chi connectivity index (χ4v) is 6.30. The summed E-state index contributed by atoms with van der Waals surface area (Å²) >= 11 is 0. The zero-order chi connectivity index (χ0) is 27.3. The lowest BCUT2D eigenvalue weighted by atomic mass is 9.98. The normalized spacial score (nSPS) is 15.1. The van der Waals surface area contributed by atoms with Crippen molar-refractivity contribution in [1.82, 2.24) is 5.32 Å². The van der Waals surface area contributed by atoms with Gasteiger partial charge in [-0.15, -0.1) is 0 Å². The second kappa shape index (κ2) is 11.9. The number of rotatable bonds is 9. The molecule has 1 aliphatic rings. The predicted octanol–water partition coefficient (Wildman–Crippen LogP) is 5.31. The van der Waals surface area contributed by atoms with Gasteiger partial charge in [-0.3, -0.25) is 9.10 Å². The van der Waals surface area contributed by atoms with Crippen molar-refractivity contribution in [3.63, 3.8) is 0 Å². The van der Waals surface area contributed by atoms with Crippen molar-refractivity contribution in [3.8, 4) is 5.75 Å². The molecular weight excluding hydrogens is 498 g/mol. The van der Waals surface area contributed by atoms with E-state index in [4.69, 9.17) is 4.74 Å². The van der Waals surface area contributed by atoms with E-state index in [0.29, 0.717) is 17.0 Å². The molecule has 8 heteroatoms. The van der Waals surface area contributed by atoms with Gasteiger partial charge in [0, 0.05) is 18.8 Å². The standard InChI is InChI=1S/C30H37N3O4S/c1-22-16-18-32(19-17-22)26-12-10-25(11-13-26)24(3)31-30(34)21-33(27-8-6-5-7-9-27)38(35,36)28-14-15-29(37-4)23(2)20-28/h5-15,20,22,24H,16-19,21H2,1-4H3,(H,31,34). The maximum Gasteiger partial charge on any atom is 0.264 e. The second-order valence-electron chi connectivity index (χ2n) is 10.0. The first kappa shape index (κ1) is 27.5. The van der Waals surface area contributed by atoms with Gasteiger partial charge in [0.2, 0.25) is 5.91 Å². The van der Waals surface area contributed by atoms with E-state index in [2.05, 4.69) is 29.3 Å². The molecule has 3 aromatic rings. The molecule has 202 valence electrons. The van der Waals surface area contributed by atoms with Gasteiger partial charge in [-0.1, -0.05) is 37.3 Å². The van der Waals surface area contributed by atoms with Gasteiger partial charge in [-0.05, 0) is 86.2 Å². The zero-order valence-electron chi connectivity index (χ0n) is 22.6. The van der Waals surface area contributed by atoms with Crippen LogP contribution in [0.5, 0.6) is 5.75 Å². The Labute approximate surface area is 226 Å². The molecule has 1 heterocycles. The van der Waals surface area contributed by atoms with Crippen molar-refractivity contribution < 1.29 is 17.9 Å². The van der Waals surface area contributed by atoms with Crippen LogP contribution in [-0.2, 0) is 14.8 Å². The lowest BCUT2D eigenvalue weighted by molar-refractivity contribution is -0.120. The van der Waals surface area contributed by atoms with Crippen LogP contribution in [0.3, 0.4) is 0 Å². The minimum Gasteiger partial charge on any atom is -0.496 e. The van der Waals surface area contributed by atoms with E-state index >= 15 is 0 Å². The Balaban J connectivity index is 1.49. The van der Waals surface area contributed by atoms with Crippen LogP contribution in [0.1, 0.15) is 43.9 Å². The Hall–Kier alpha value is -3.52. The van der Waals surface area contributed by atoms with E-state index in [0.717, 1.165) is 28.9 Å². The highest BCUT2D eigenvalue weighted by Gasteiger charge is 2.28. The average molecular weight is 536 g/mol. The molecule has 1 fully saturated rings. The van der Waals surface area contributed by atoms with Gasteiger partial charge in [-0.25, -0.2) is 8.42 Å². The summed E-state index contributed by atoms with van der Waals surface area (Å²) in [5, 5.41) is 2.98. The van der Waals surface area contributed by atoms with Crippen LogP contribution in [0.2, 0.25) is 0 Å². The molecule has 0 aliphatic carbocycles. The highest BCUT2D eigenvalue weighted by atomic mass is 32.2. The molecular formula is C30H37N3O4S. The lowest BCUT2D eigenvalue weighted by Gasteiger charge is -2.32. The highest BCUT2D eigenvalue weighted by Crippen LogP contribution is 2.28. The number of hydrogen-bond acceptors (Lipinski definition) is 5. The lowest BCUT2D eigenvalue weighted by Crippen LogP contribution is -2.41. The number of benzene rings is 3. The Bertz CT molecular complexity index is 1340. The van der Waals surface area contributed by atoms with E-state index in [9.17, 15) is 13.2 Å². The number of aryl methyl sites for hydroxylation is 1. The number of ether oxygens (including phenoxy) is 1. The summed E-state index contributed by atoms with van der Waals surface area (Å²) in [6.45, 7) is 7.77. The third-order valence-electron chi connectivity index (χ3n) is 7.21. The largest absolute Gasteiger partial charge is 0.496 e. The SMILES string of the molecule is COc1ccc(S(=O)(=O)N(CC(=O)NC(C)c2ccc(N3CCC(C)CC3)cc2)c2ccccc2)cc1C. The van der Waals surface area contributed by atoms with Crippen LogP contribution in [0.15, 0.2) is 77.7 Å². The van der Waals surface area contributed by atoms with Crippen LogP contribution in [-0.4, -0.2) is 41.1 Å². The number of hydrogen-bond donors (Lipinski definition) is 1. The van der Waals surface area contributed by atoms with E-state index in [1.54, 1.807) is 50.4 Å². The van der Waals surface area contributed by atoms with Crippen LogP contribution < -0.4 is 19.3 Å². The summed E-state index contributed by atoms with van der Waals surface area (Å²) in [7, 11) is -2.47. The number of para-hydroxylation sites is 1. The summed E-state index contributed by atoms with van der Waals surface area (Å²) in [4.78, 5) is 15.7. The maximum absolute atomic E-state index is 13.7. The van der Waals surface area contributed by atoms with Crippen LogP contribution in [0.25, 0.3) is 0 Å². The second-order valence-corrected chi connectivity index (χ2v) is 11.9. The Kier molecular flexibility index (Phi) is 8.62. The van der Waals surface area contributed by atoms with Gasteiger partial charge < -0.3 is 15.0 Å². The van der Waals surface area contributed by atoms with Crippen molar-refractivity contribution >= 4 is 27.3 Å². The van der Waals surface area contributed by atoms with Crippen molar-refractivity contribution in [2.45, 2.75) is 44.6 Å². The highest BCUT2D eigenvalue weighted by molar-refractivity contribution is 7.92. The number of nitrogens with one attached hydrogen (secondary N) is 1. The van der Waals surface area contributed by atoms with Gasteiger partial charge in [0.25, 0.3) is 10.0 Å². The molecule has 1 unspecified atom stereocenters. The van der Waals surface area contributed by atoms with Crippen molar-refractivity contribution in [1.29, 1.82) is 0 Å². The van der Waals surface area contributed by atoms with Gasteiger partial charge in [0.15, 0.2) is 0 Å². The predicted molar refractivity (Wildman–Crippen MR) is 152 cm³/mol. The number of piperidine rings is 1. The summed E-state index contributed by atoms with van der Waals surface area (Å²) in [6.07, 6.45) is 2.40. The first-order valence-electron chi connectivity index (χ1n) is 13.1. The van der Waals surface area contributed by atoms with Crippen LogP contribution in [0.4, 0.5) is 11.4 Å². The molecule has 7 nitrogen and oxygen atoms in total. The van der Waals surface area contributed by atoms with Gasteiger partial charge >= 0.3 is 0 Å². The minimum absolute atomic E-state index is 0.100. The first-order chi connectivity index (χ1) is 18.2. The van der Waals surface area contributed by atoms with Crippen molar-refractivity contribution in [2.24, 2.45) is 5.92 Å². The van der Waals surface area contributed by atoms with Crippen LogP contribution in [0, 0.1) is 12.8 Å². The summed E-state index contributed by atoms with van der Waals surface area (Å²) in [5.41, 5.74) is 3.27. The molecule has 38 heavy (non-hydrogen) atoms. The van der Waals surface area contributed by atoms with Gasteiger partial charge in [0.1, 0.15) is 12.3 Å². The number of methoxy groups -OCH3 is 1. The molecule has 0 saturated carbocycles. The number of amides is 1. The fourth-order valence-electron chi connectivity index (χ4n) is 4.79. The summed E-state index contributed by atoms with van der Waals surface area (Å²) in [6, 6.07) is 21.4. The Morgan fingerprint density at radius 3 is 2.32 bits per heavy atom. The summed E-state index contributed by atoms with van der Waals surface area (Å²) < 4.78 is 33.8. The number of anilines is 2. The average Bonchev–Trinajstić information content (AvgIpc) is 2.92. The molecule has 1 N–H and O–H groups in total. The van der Waals surface area contributed by atoms with E-state index in [-0.39, 0.29) is 23.4 Å². The first-order valence-corrected chi connectivity index (χ1v) is 14.5. The van der Waals surface area contributed by atoms with E-state index in [1.165, 1.54) is 24.6 Å². The number of carbonyl (C=O) groups is 1. The van der Waals surface area contributed by atoms with Crippen molar-refractivity contribution in [3.05, 3.63) is 83.9 Å². The van der Waals surface area contributed by atoms with E-state index in [1.807, 2.05) is 25.1 Å². The van der Waals surface area contributed by atoms with E-state index < -0.39 is 10.0 Å². The molecule has 4 rings (SSSR count). The molecule has 0 bridgehead atoms. The molecule has 1 aliphatic heterocycles. The third-order valence-corrected chi connectivity index (χ3v) is 8.97. The minimum atomic E-state index is -4.01. The quantitative estimate of drug-likeness (QED) is 0.402. The van der Waals surface area contributed by atoms with Gasteiger partial charge in [-0.2, -0.15) is 0 Å². The smallest absolute Gasteiger partial charge is 0.264 e. The van der Waals surface area contributed by atoms with Gasteiger partial charge in [0.05, 0.1) is 23.7 Å². The molecule has 0 spiro atoms. The third kappa shape index (κ3) is 6.30. The number of nitrogens with zero attached hydrogens (tertiary/aromatic N) is 2.